The average Bonchev–Trinajstić information content (AvgIpc) is 2.66. The fraction of sp³-hybridized carbons (Fsp3) is 0.556. The molecule has 1 aliphatic heterocycles. The van der Waals surface area contributed by atoms with Crippen molar-refractivity contribution < 1.29 is 14.6 Å². The first-order chi connectivity index (χ1) is 12.7. The van der Waals surface area contributed by atoms with E-state index in [-0.39, 0.29) is 12.5 Å². The molecule has 0 atom stereocenters. The van der Waals surface area contributed by atoms with E-state index in [4.69, 9.17) is 4.74 Å². The van der Waals surface area contributed by atoms with Gasteiger partial charge in [0.1, 0.15) is 12.3 Å². The average molecular weight is 363 g/mol. The molecule has 8 heteroatoms. The van der Waals surface area contributed by atoms with E-state index in [1.54, 1.807) is 13.2 Å². The second kappa shape index (κ2) is 10.5. The first kappa shape index (κ1) is 19.8. The maximum atomic E-state index is 11.8. The van der Waals surface area contributed by atoms with Crippen LogP contribution in [0.25, 0.3) is 0 Å². The SMILES string of the molecule is CCNC(=NCC(=O)NCCOC)N1CCN(c2ccccc2O)CC1. The van der Waals surface area contributed by atoms with Crippen LogP contribution in [0.2, 0.25) is 0 Å². The lowest BCUT2D eigenvalue weighted by atomic mass is 10.2. The molecule has 3 N–H and O–H groups in total. The van der Waals surface area contributed by atoms with E-state index in [1.165, 1.54) is 0 Å². The maximum absolute atomic E-state index is 11.8. The molecule has 0 unspecified atom stereocenters. The Morgan fingerprint density at radius 2 is 1.96 bits per heavy atom. The van der Waals surface area contributed by atoms with E-state index in [0.717, 1.165) is 44.4 Å². The van der Waals surface area contributed by atoms with Crippen LogP contribution >= 0.6 is 0 Å². The van der Waals surface area contributed by atoms with Crippen LogP contribution in [0, 0.1) is 0 Å². The molecular formula is C18H29N5O3. The molecule has 0 bridgehead atoms. The standard InChI is InChI=1S/C18H29N5O3/c1-3-19-18(21-14-17(25)20-8-13-26-2)23-11-9-22(10-12-23)15-6-4-5-7-16(15)24/h4-7,24H,3,8-14H2,1-2H3,(H,19,21)(H,20,25). The molecule has 0 aliphatic carbocycles. The third-order valence-electron chi connectivity index (χ3n) is 4.14. The number of para-hydroxylation sites is 2. The van der Waals surface area contributed by atoms with Gasteiger partial charge in [-0.1, -0.05) is 12.1 Å². The molecule has 0 spiro atoms. The molecule has 1 fully saturated rings. The quantitative estimate of drug-likeness (QED) is 0.365. The summed E-state index contributed by atoms with van der Waals surface area (Å²) >= 11 is 0. The van der Waals surface area contributed by atoms with Crippen LogP contribution in [0.1, 0.15) is 6.92 Å². The lowest BCUT2D eigenvalue weighted by Crippen LogP contribution is -2.52. The van der Waals surface area contributed by atoms with Crippen molar-refractivity contribution in [2.75, 3.05) is 64.4 Å². The van der Waals surface area contributed by atoms with E-state index in [9.17, 15) is 9.90 Å². The predicted octanol–water partition coefficient (Wildman–Crippen LogP) is 0.242. The van der Waals surface area contributed by atoms with Crippen molar-refractivity contribution in [3.63, 3.8) is 0 Å². The summed E-state index contributed by atoms with van der Waals surface area (Å²) in [6, 6.07) is 7.38. The highest BCUT2D eigenvalue weighted by Crippen LogP contribution is 2.27. The monoisotopic (exact) mass is 363 g/mol. The van der Waals surface area contributed by atoms with Gasteiger partial charge in [-0.2, -0.15) is 0 Å². The van der Waals surface area contributed by atoms with Crippen molar-refractivity contribution in [3.8, 4) is 5.75 Å². The number of rotatable bonds is 7. The number of aromatic hydroxyl groups is 1. The van der Waals surface area contributed by atoms with E-state index in [1.807, 2.05) is 25.1 Å². The first-order valence-electron chi connectivity index (χ1n) is 8.97. The number of carbonyl (C=O) groups excluding carboxylic acids is 1. The predicted molar refractivity (Wildman–Crippen MR) is 103 cm³/mol. The number of aliphatic imine (C=N–C) groups is 1. The highest BCUT2D eigenvalue weighted by Gasteiger charge is 2.21. The molecule has 1 aromatic carbocycles. The minimum atomic E-state index is -0.120. The number of phenolic OH excluding ortho intramolecular Hbond substituents is 1. The molecule has 1 amide bonds. The van der Waals surface area contributed by atoms with Crippen LogP contribution in [0.3, 0.4) is 0 Å². The zero-order valence-electron chi connectivity index (χ0n) is 15.6. The van der Waals surface area contributed by atoms with Gasteiger partial charge >= 0.3 is 0 Å². The van der Waals surface area contributed by atoms with Crippen LogP contribution < -0.4 is 15.5 Å². The molecule has 26 heavy (non-hydrogen) atoms. The van der Waals surface area contributed by atoms with Crippen molar-refractivity contribution in [2.45, 2.75) is 6.92 Å². The topological polar surface area (TPSA) is 89.4 Å². The lowest BCUT2D eigenvalue weighted by molar-refractivity contribution is -0.119. The van der Waals surface area contributed by atoms with Gasteiger partial charge in [0, 0.05) is 46.4 Å². The number of nitrogens with zero attached hydrogens (tertiary/aromatic N) is 3. The summed E-state index contributed by atoms with van der Waals surface area (Å²) in [6.07, 6.45) is 0. The summed E-state index contributed by atoms with van der Waals surface area (Å²) in [5, 5.41) is 16.0. The summed E-state index contributed by atoms with van der Waals surface area (Å²) in [7, 11) is 1.60. The molecule has 8 nitrogen and oxygen atoms in total. The number of nitrogens with one attached hydrogen (secondary N) is 2. The molecule has 2 rings (SSSR count). The Bertz CT molecular complexity index is 600. The Morgan fingerprint density at radius 3 is 2.62 bits per heavy atom. The van der Waals surface area contributed by atoms with Gasteiger partial charge < -0.3 is 30.3 Å². The van der Waals surface area contributed by atoms with Crippen LogP contribution in [0.5, 0.6) is 5.75 Å². The highest BCUT2D eigenvalue weighted by atomic mass is 16.5. The Kier molecular flexibility index (Phi) is 8.01. The Morgan fingerprint density at radius 1 is 1.23 bits per heavy atom. The summed E-state index contributed by atoms with van der Waals surface area (Å²) in [4.78, 5) is 20.6. The van der Waals surface area contributed by atoms with Gasteiger partial charge in [0.15, 0.2) is 5.96 Å². The molecule has 0 aromatic heterocycles. The van der Waals surface area contributed by atoms with E-state index < -0.39 is 0 Å². The molecule has 1 saturated heterocycles. The number of amides is 1. The van der Waals surface area contributed by atoms with Crippen LogP contribution in [-0.2, 0) is 9.53 Å². The minimum Gasteiger partial charge on any atom is -0.506 e. The van der Waals surface area contributed by atoms with E-state index in [2.05, 4.69) is 25.4 Å². The molecule has 1 heterocycles. The number of anilines is 1. The fourth-order valence-corrected chi connectivity index (χ4v) is 2.81. The number of benzene rings is 1. The zero-order chi connectivity index (χ0) is 18.8. The number of phenols is 1. The number of hydrogen-bond acceptors (Lipinski definition) is 5. The normalized spacial score (nSPS) is 15.1. The number of guanidine groups is 1. The van der Waals surface area contributed by atoms with Gasteiger partial charge in [-0.15, -0.1) is 0 Å². The number of hydrogen-bond donors (Lipinski definition) is 3. The third-order valence-corrected chi connectivity index (χ3v) is 4.14. The highest BCUT2D eigenvalue weighted by molar-refractivity contribution is 5.85. The zero-order valence-corrected chi connectivity index (χ0v) is 15.6. The van der Waals surface area contributed by atoms with Crippen molar-refractivity contribution in [1.82, 2.24) is 15.5 Å². The van der Waals surface area contributed by atoms with Crippen LogP contribution in [0.15, 0.2) is 29.3 Å². The second-order valence-electron chi connectivity index (χ2n) is 5.98. The minimum absolute atomic E-state index is 0.0890. The first-order valence-corrected chi connectivity index (χ1v) is 8.97. The summed E-state index contributed by atoms with van der Waals surface area (Å²) < 4.78 is 4.91. The number of ether oxygens (including phenoxy) is 1. The number of piperazine rings is 1. The maximum Gasteiger partial charge on any atom is 0.241 e. The smallest absolute Gasteiger partial charge is 0.241 e. The van der Waals surface area contributed by atoms with Gasteiger partial charge in [0.25, 0.3) is 0 Å². The Balaban J connectivity index is 1.90. The second-order valence-corrected chi connectivity index (χ2v) is 5.98. The molecule has 1 aromatic rings. The van der Waals surface area contributed by atoms with Gasteiger partial charge in [-0.25, -0.2) is 4.99 Å². The van der Waals surface area contributed by atoms with Gasteiger partial charge in [0.05, 0.1) is 12.3 Å². The van der Waals surface area contributed by atoms with Gasteiger partial charge in [0.2, 0.25) is 5.91 Å². The summed E-state index contributed by atoms with van der Waals surface area (Å²) in [5.74, 6) is 0.922. The van der Waals surface area contributed by atoms with Crippen LogP contribution in [0.4, 0.5) is 5.69 Å². The summed E-state index contributed by atoms with van der Waals surface area (Å²) in [5.41, 5.74) is 0.853. The van der Waals surface area contributed by atoms with E-state index >= 15 is 0 Å². The molecule has 0 saturated carbocycles. The van der Waals surface area contributed by atoms with Gasteiger partial charge in [-0.3, -0.25) is 4.79 Å². The molecule has 144 valence electrons. The summed E-state index contributed by atoms with van der Waals surface area (Å²) in [6.45, 7) is 6.91. The molecular weight excluding hydrogens is 334 g/mol. The number of methoxy groups -OCH3 is 1. The molecule has 0 radical (unpaired) electrons. The largest absolute Gasteiger partial charge is 0.506 e. The van der Waals surface area contributed by atoms with Crippen LogP contribution in [-0.4, -0.2) is 81.4 Å². The van der Waals surface area contributed by atoms with Crippen molar-refractivity contribution in [3.05, 3.63) is 24.3 Å². The van der Waals surface area contributed by atoms with Crippen molar-refractivity contribution >= 4 is 17.6 Å². The molecule has 1 aliphatic rings. The fourth-order valence-electron chi connectivity index (χ4n) is 2.81. The van der Waals surface area contributed by atoms with Crippen molar-refractivity contribution in [1.29, 1.82) is 0 Å². The Labute approximate surface area is 154 Å². The van der Waals surface area contributed by atoms with Crippen molar-refractivity contribution in [2.24, 2.45) is 4.99 Å². The Hall–Kier alpha value is -2.48. The third kappa shape index (κ3) is 5.80. The van der Waals surface area contributed by atoms with E-state index in [0.29, 0.717) is 18.9 Å². The number of carbonyl (C=O) groups is 1. The van der Waals surface area contributed by atoms with Gasteiger partial charge in [-0.05, 0) is 19.1 Å². The lowest BCUT2D eigenvalue weighted by Gasteiger charge is -2.37.